The minimum Gasteiger partial charge on any atom is -0.467 e. The molecule has 0 bridgehead atoms. The molecule has 9 nitrogen and oxygen atoms in total. The van der Waals surface area contributed by atoms with Crippen LogP contribution < -0.4 is 5.69 Å². The number of hydrogen-bond acceptors (Lipinski definition) is 6. The average Bonchev–Trinajstić information content (AvgIpc) is 3.55. The van der Waals surface area contributed by atoms with Crippen LogP contribution in [0.15, 0.2) is 87.3 Å². The summed E-state index contributed by atoms with van der Waals surface area (Å²) in [6, 6.07) is 20.1. The zero-order chi connectivity index (χ0) is 22.1. The average molecular weight is 428 g/mol. The van der Waals surface area contributed by atoms with Crippen LogP contribution in [0.25, 0.3) is 5.69 Å². The molecule has 0 fully saturated rings. The second kappa shape index (κ2) is 8.10. The fraction of sp³-hybridized carbons (Fsp3) is 0.174. The highest BCUT2D eigenvalue weighted by Gasteiger charge is 2.35. The Morgan fingerprint density at radius 3 is 2.53 bits per heavy atom. The van der Waals surface area contributed by atoms with Crippen LogP contribution in [-0.2, 0) is 11.3 Å². The van der Waals surface area contributed by atoms with E-state index in [4.69, 9.17) is 4.42 Å². The van der Waals surface area contributed by atoms with Gasteiger partial charge in [0.15, 0.2) is 0 Å². The summed E-state index contributed by atoms with van der Waals surface area (Å²) in [5.41, 5.74) is 2.94. The van der Waals surface area contributed by atoms with E-state index in [9.17, 15) is 9.59 Å². The standard InChI is InChI=1S/C23H20N6O3/c1-16-9-11-17(12-10-16)19-14-20(21-8-5-13-32-21)29(24-19)22(30)15-27-23(31)28(26-25-27)18-6-3-2-4-7-18/h2-13,20H,14-15H2,1H3. The Hall–Kier alpha value is -4.27. The molecule has 1 atom stereocenters. The van der Waals surface area contributed by atoms with E-state index in [1.54, 1.807) is 36.6 Å². The topological polar surface area (TPSA) is 98.5 Å². The van der Waals surface area contributed by atoms with Crippen LogP contribution in [0.5, 0.6) is 0 Å². The minimum atomic E-state index is -0.499. The number of rotatable bonds is 5. The van der Waals surface area contributed by atoms with Gasteiger partial charge in [0.05, 0.1) is 17.7 Å². The molecular weight excluding hydrogens is 408 g/mol. The van der Waals surface area contributed by atoms with Gasteiger partial charge in [-0.15, -0.1) is 0 Å². The van der Waals surface area contributed by atoms with Crippen molar-refractivity contribution in [2.24, 2.45) is 5.10 Å². The Bertz CT molecular complexity index is 1320. The number of hydrazone groups is 1. The lowest BCUT2D eigenvalue weighted by molar-refractivity contribution is -0.134. The Balaban J connectivity index is 1.43. The smallest absolute Gasteiger partial charge is 0.368 e. The molecule has 160 valence electrons. The Kier molecular flexibility index (Phi) is 4.98. The first-order valence-corrected chi connectivity index (χ1v) is 10.2. The van der Waals surface area contributed by atoms with E-state index in [1.165, 1.54) is 5.01 Å². The number of aryl methyl sites for hydroxylation is 1. The van der Waals surface area contributed by atoms with Gasteiger partial charge >= 0.3 is 5.69 Å². The van der Waals surface area contributed by atoms with E-state index in [0.29, 0.717) is 17.9 Å². The number of para-hydroxylation sites is 1. The normalized spacial score (nSPS) is 15.7. The van der Waals surface area contributed by atoms with Crippen molar-refractivity contribution in [3.05, 3.63) is 100 Å². The SMILES string of the molecule is Cc1ccc(C2=NN(C(=O)Cn3nnn(-c4ccccc4)c3=O)C(c3ccco3)C2)cc1. The summed E-state index contributed by atoms with van der Waals surface area (Å²) >= 11 is 0. The Morgan fingerprint density at radius 2 is 1.81 bits per heavy atom. The zero-order valence-electron chi connectivity index (χ0n) is 17.3. The molecule has 32 heavy (non-hydrogen) atoms. The van der Waals surface area contributed by atoms with E-state index in [2.05, 4.69) is 15.5 Å². The molecule has 3 heterocycles. The van der Waals surface area contributed by atoms with Gasteiger partial charge in [0.2, 0.25) is 0 Å². The molecule has 0 saturated carbocycles. The first kappa shape index (κ1) is 19.7. The minimum absolute atomic E-state index is 0.284. The van der Waals surface area contributed by atoms with Crippen molar-refractivity contribution in [3.63, 3.8) is 0 Å². The van der Waals surface area contributed by atoms with Gasteiger partial charge in [-0.1, -0.05) is 48.0 Å². The van der Waals surface area contributed by atoms with Crippen LogP contribution in [0, 0.1) is 6.92 Å². The molecular formula is C23H20N6O3. The zero-order valence-corrected chi connectivity index (χ0v) is 17.3. The number of carbonyl (C=O) groups is 1. The molecule has 0 N–H and O–H groups in total. The highest BCUT2D eigenvalue weighted by Crippen LogP contribution is 2.33. The molecule has 0 saturated heterocycles. The summed E-state index contributed by atoms with van der Waals surface area (Å²) in [5.74, 6) is 0.250. The molecule has 2 aromatic heterocycles. The predicted octanol–water partition coefficient (Wildman–Crippen LogP) is 2.71. The summed E-state index contributed by atoms with van der Waals surface area (Å²) in [5, 5.41) is 13.7. The van der Waals surface area contributed by atoms with Crippen molar-refractivity contribution in [1.82, 2.24) is 24.8 Å². The molecule has 1 amide bonds. The Morgan fingerprint density at radius 1 is 1.03 bits per heavy atom. The molecule has 2 aromatic carbocycles. The molecule has 1 unspecified atom stereocenters. The maximum Gasteiger partial charge on any atom is 0.368 e. The van der Waals surface area contributed by atoms with Gasteiger partial charge in [-0.2, -0.15) is 14.5 Å². The van der Waals surface area contributed by atoms with Crippen molar-refractivity contribution in [1.29, 1.82) is 0 Å². The van der Waals surface area contributed by atoms with Gasteiger partial charge in [0.25, 0.3) is 5.91 Å². The third-order valence-electron chi connectivity index (χ3n) is 5.35. The highest BCUT2D eigenvalue weighted by atomic mass is 16.3. The number of tetrazole rings is 1. The van der Waals surface area contributed by atoms with Crippen LogP contribution in [0.4, 0.5) is 0 Å². The second-order valence-electron chi connectivity index (χ2n) is 7.55. The molecule has 4 aromatic rings. The quantitative estimate of drug-likeness (QED) is 0.487. The fourth-order valence-corrected chi connectivity index (χ4v) is 3.67. The number of hydrogen-bond donors (Lipinski definition) is 0. The highest BCUT2D eigenvalue weighted by molar-refractivity contribution is 6.03. The van der Waals surface area contributed by atoms with E-state index in [1.807, 2.05) is 43.3 Å². The lowest BCUT2D eigenvalue weighted by atomic mass is 10.0. The van der Waals surface area contributed by atoms with Gasteiger partial charge in [0, 0.05) is 6.42 Å². The van der Waals surface area contributed by atoms with Crippen LogP contribution in [0.1, 0.15) is 29.3 Å². The third kappa shape index (κ3) is 3.64. The van der Waals surface area contributed by atoms with Crippen molar-refractivity contribution >= 4 is 11.6 Å². The lowest BCUT2D eigenvalue weighted by Crippen LogP contribution is -2.34. The number of benzene rings is 2. The molecule has 5 rings (SSSR count). The Labute approximate surface area is 183 Å². The summed E-state index contributed by atoms with van der Waals surface area (Å²) in [6.45, 7) is 1.73. The first-order valence-electron chi connectivity index (χ1n) is 10.2. The molecule has 9 heteroatoms. The van der Waals surface area contributed by atoms with Crippen LogP contribution >= 0.6 is 0 Å². The molecule has 0 aliphatic carbocycles. The van der Waals surface area contributed by atoms with Crippen molar-refractivity contribution < 1.29 is 9.21 Å². The number of furan rings is 1. The van der Waals surface area contributed by atoms with Gasteiger partial charge in [-0.25, -0.2) is 9.80 Å². The van der Waals surface area contributed by atoms with Crippen LogP contribution in [-0.4, -0.2) is 36.4 Å². The van der Waals surface area contributed by atoms with Gasteiger partial charge in [0.1, 0.15) is 18.3 Å². The van der Waals surface area contributed by atoms with Crippen molar-refractivity contribution in [3.8, 4) is 5.69 Å². The van der Waals surface area contributed by atoms with Crippen LogP contribution in [0.3, 0.4) is 0 Å². The van der Waals surface area contributed by atoms with Gasteiger partial charge < -0.3 is 4.42 Å². The van der Waals surface area contributed by atoms with Crippen molar-refractivity contribution in [2.75, 3.05) is 0 Å². The first-order chi connectivity index (χ1) is 15.6. The van der Waals surface area contributed by atoms with Gasteiger partial charge in [-0.3, -0.25) is 4.79 Å². The summed E-state index contributed by atoms with van der Waals surface area (Å²) in [6.07, 6.45) is 2.08. The van der Waals surface area contributed by atoms with Gasteiger partial charge in [-0.05, 0) is 47.2 Å². The number of carbonyl (C=O) groups excluding carboxylic acids is 1. The van der Waals surface area contributed by atoms with Crippen molar-refractivity contribution in [2.45, 2.75) is 25.9 Å². The third-order valence-corrected chi connectivity index (χ3v) is 5.35. The van der Waals surface area contributed by atoms with E-state index >= 15 is 0 Å². The summed E-state index contributed by atoms with van der Waals surface area (Å²) in [4.78, 5) is 25.9. The van der Waals surface area contributed by atoms with E-state index in [0.717, 1.165) is 26.2 Å². The number of nitrogens with zero attached hydrogens (tertiary/aromatic N) is 6. The number of amides is 1. The monoisotopic (exact) mass is 428 g/mol. The predicted molar refractivity (Wildman–Crippen MR) is 116 cm³/mol. The fourth-order valence-electron chi connectivity index (χ4n) is 3.67. The molecule has 0 radical (unpaired) electrons. The maximum atomic E-state index is 13.2. The summed E-state index contributed by atoms with van der Waals surface area (Å²) in [7, 11) is 0. The summed E-state index contributed by atoms with van der Waals surface area (Å²) < 4.78 is 7.76. The maximum absolute atomic E-state index is 13.2. The molecule has 0 spiro atoms. The van der Waals surface area contributed by atoms with E-state index in [-0.39, 0.29) is 12.5 Å². The molecule has 1 aliphatic heterocycles. The second-order valence-corrected chi connectivity index (χ2v) is 7.55. The molecule has 1 aliphatic rings. The lowest BCUT2D eigenvalue weighted by Gasteiger charge is -2.19. The largest absolute Gasteiger partial charge is 0.467 e. The number of aromatic nitrogens is 4. The van der Waals surface area contributed by atoms with E-state index < -0.39 is 11.7 Å². The van der Waals surface area contributed by atoms with Crippen LogP contribution in [0.2, 0.25) is 0 Å².